The number of nitrogens with zero attached hydrogens (tertiary/aromatic N) is 1. The van der Waals surface area contributed by atoms with Crippen LogP contribution in [0.4, 0.5) is 0 Å². The quantitative estimate of drug-likeness (QED) is 0.709. The van der Waals surface area contributed by atoms with E-state index in [2.05, 4.69) is 47.7 Å². The Kier molecular flexibility index (Phi) is 5.70. The molecule has 0 spiro atoms. The van der Waals surface area contributed by atoms with Gasteiger partial charge in [-0.3, -0.25) is 9.69 Å². The average molecular weight is 235 g/mol. The number of methoxy groups -OCH3 is 1. The number of ether oxygens (including phenoxy) is 1. The van der Waals surface area contributed by atoms with Crippen molar-refractivity contribution in [3.05, 3.63) is 35.4 Å². The molecule has 17 heavy (non-hydrogen) atoms. The molecule has 0 amide bonds. The van der Waals surface area contributed by atoms with Gasteiger partial charge in [0.25, 0.3) is 0 Å². The topological polar surface area (TPSA) is 29.5 Å². The van der Waals surface area contributed by atoms with Crippen molar-refractivity contribution >= 4 is 5.97 Å². The van der Waals surface area contributed by atoms with Crippen LogP contribution in [0.3, 0.4) is 0 Å². The van der Waals surface area contributed by atoms with Gasteiger partial charge in [-0.2, -0.15) is 0 Å². The van der Waals surface area contributed by atoms with Gasteiger partial charge in [-0.1, -0.05) is 36.8 Å². The van der Waals surface area contributed by atoms with E-state index in [-0.39, 0.29) is 5.97 Å². The first-order valence-electron chi connectivity index (χ1n) is 6.00. The fourth-order valence-corrected chi connectivity index (χ4v) is 1.65. The number of rotatable bonds is 6. The Hall–Kier alpha value is -1.35. The van der Waals surface area contributed by atoms with Crippen LogP contribution in [0, 0.1) is 6.92 Å². The zero-order valence-electron chi connectivity index (χ0n) is 10.9. The largest absolute Gasteiger partial charge is 0.469 e. The summed E-state index contributed by atoms with van der Waals surface area (Å²) in [7, 11) is 1.43. The van der Waals surface area contributed by atoms with Crippen LogP contribution in [0.2, 0.25) is 0 Å². The van der Waals surface area contributed by atoms with Gasteiger partial charge < -0.3 is 4.74 Å². The van der Waals surface area contributed by atoms with E-state index in [1.165, 1.54) is 18.2 Å². The van der Waals surface area contributed by atoms with Gasteiger partial charge in [-0.05, 0) is 19.0 Å². The lowest BCUT2D eigenvalue weighted by Gasteiger charge is -2.19. The highest BCUT2D eigenvalue weighted by Gasteiger charge is 2.07. The molecular weight excluding hydrogens is 214 g/mol. The van der Waals surface area contributed by atoms with Gasteiger partial charge in [0.2, 0.25) is 0 Å². The molecule has 0 aromatic heterocycles. The first-order chi connectivity index (χ1) is 8.15. The molecule has 0 saturated heterocycles. The molecule has 1 aromatic carbocycles. The molecule has 0 radical (unpaired) electrons. The van der Waals surface area contributed by atoms with Crippen LogP contribution >= 0.6 is 0 Å². The van der Waals surface area contributed by atoms with Crippen molar-refractivity contribution in [3.63, 3.8) is 0 Å². The highest BCUT2D eigenvalue weighted by Crippen LogP contribution is 2.07. The Balaban J connectivity index is 2.46. The first kappa shape index (κ1) is 13.7. The molecule has 0 fully saturated rings. The van der Waals surface area contributed by atoms with Gasteiger partial charge in [0.15, 0.2) is 0 Å². The van der Waals surface area contributed by atoms with Crippen LogP contribution in [0.15, 0.2) is 24.3 Å². The van der Waals surface area contributed by atoms with Crippen molar-refractivity contribution < 1.29 is 9.53 Å². The van der Waals surface area contributed by atoms with E-state index in [1.807, 2.05) is 0 Å². The Bertz CT molecular complexity index is 346. The van der Waals surface area contributed by atoms with Crippen molar-refractivity contribution in [3.8, 4) is 0 Å². The smallest absolute Gasteiger partial charge is 0.306 e. The Morgan fingerprint density at radius 3 is 2.47 bits per heavy atom. The summed E-state index contributed by atoms with van der Waals surface area (Å²) in [5, 5.41) is 0. The van der Waals surface area contributed by atoms with Gasteiger partial charge in [-0.15, -0.1) is 0 Å². The summed E-state index contributed by atoms with van der Waals surface area (Å²) in [6.07, 6.45) is 0.455. The molecule has 3 nitrogen and oxygen atoms in total. The highest BCUT2D eigenvalue weighted by molar-refractivity contribution is 5.69. The minimum absolute atomic E-state index is 0.146. The molecule has 0 aliphatic rings. The van der Waals surface area contributed by atoms with Crippen molar-refractivity contribution in [1.82, 2.24) is 4.90 Å². The van der Waals surface area contributed by atoms with Crippen molar-refractivity contribution in [1.29, 1.82) is 0 Å². The summed E-state index contributed by atoms with van der Waals surface area (Å²) in [4.78, 5) is 13.3. The lowest BCUT2D eigenvalue weighted by atomic mass is 10.1. The number of hydrogen-bond acceptors (Lipinski definition) is 3. The van der Waals surface area contributed by atoms with E-state index in [9.17, 15) is 4.79 Å². The molecule has 0 aliphatic carbocycles. The molecule has 1 rings (SSSR count). The monoisotopic (exact) mass is 235 g/mol. The molecule has 0 unspecified atom stereocenters. The molecule has 0 atom stereocenters. The van der Waals surface area contributed by atoms with Gasteiger partial charge in [0, 0.05) is 13.1 Å². The highest BCUT2D eigenvalue weighted by atomic mass is 16.5. The molecule has 3 heteroatoms. The third-order valence-corrected chi connectivity index (χ3v) is 2.83. The molecular formula is C14H21NO2. The lowest BCUT2D eigenvalue weighted by molar-refractivity contribution is -0.141. The standard InChI is InChI=1S/C14H21NO2/c1-4-15(10-9-14(16)17-3)11-13-7-5-12(2)6-8-13/h5-8H,4,9-11H2,1-3H3. The number of carbonyl (C=O) groups excluding carboxylic acids is 1. The zero-order chi connectivity index (χ0) is 12.7. The maximum absolute atomic E-state index is 11.1. The van der Waals surface area contributed by atoms with E-state index >= 15 is 0 Å². The Morgan fingerprint density at radius 2 is 1.94 bits per heavy atom. The van der Waals surface area contributed by atoms with Crippen LogP contribution < -0.4 is 0 Å². The second kappa shape index (κ2) is 7.07. The Labute approximate surface area is 103 Å². The number of hydrogen-bond donors (Lipinski definition) is 0. The van der Waals surface area contributed by atoms with Crippen molar-refractivity contribution in [2.75, 3.05) is 20.2 Å². The van der Waals surface area contributed by atoms with Gasteiger partial charge >= 0.3 is 5.97 Å². The maximum Gasteiger partial charge on any atom is 0.306 e. The predicted octanol–water partition coefficient (Wildman–Crippen LogP) is 2.38. The SMILES string of the molecule is CCN(CCC(=O)OC)Cc1ccc(C)cc1. The van der Waals surface area contributed by atoms with Crippen LogP contribution in [0.1, 0.15) is 24.5 Å². The minimum Gasteiger partial charge on any atom is -0.469 e. The Morgan fingerprint density at radius 1 is 1.29 bits per heavy atom. The van der Waals surface area contributed by atoms with Gasteiger partial charge in [-0.25, -0.2) is 0 Å². The molecule has 0 saturated carbocycles. The van der Waals surface area contributed by atoms with Crippen LogP contribution in [-0.2, 0) is 16.1 Å². The van der Waals surface area contributed by atoms with E-state index in [0.29, 0.717) is 6.42 Å². The zero-order valence-corrected chi connectivity index (χ0v) is 10.9. The number of benzene rings is 1. The third-order valence-electron chi connectivity index (χ3n) is 2.83. The molecule has 0 bridgehead atoms. The van der Waals surface area contributed by atoms with Crippen LogP contribution in [0.25, 0.3) is 0 Å². The molecule has 1 aromatic rings. The summed E-state index contributed by atoms with van der Waals surface area (Å²) in [5.74, 6) is -0.146. The number of carbonyl (C=O) groups is 1. The number of aryl methyl sites for hydroxylation is 1. The van der Waals surface area contributed by atoms with Gasteiger partial charge in [0.1, 0.15) is 0 Å². The summed E-state index contributed by atoms with van der Waals surface area (Å²) >= 11 is 0. The fraction of sp³-hybridized carbons (Fsp3) is 0.500. The van der Waals surface area contributed by atoms with Crippen LogP contribution in [-0.4, -0.2) is 31.1 Å². The first-order valence-corrected chi connectivity index (χ1v) is 6.00. The summed E-state index contributed by atoms with van der Waals surface area (Å²) < 4.78 is 4.65. The van der Waals surface area contributed by atoms with E-state index < -0.39 is 0 Å². The van der Waals surface area contributed by atoms with Gasteiger partial charge in [0.05, 0.1) is 13.5 Å². The third kappa shape index (κ3) is 5.00. The molecule has 0 N–H and O–H groups in total. The summed E-state index contributed by atoms with van der Waals surface area (Å²) in [6.45, 7) is 6.75. The minimum atomic E-state index is -0.146. The van der Waals surface area contributed by atoms with E-state index in [4.69, 9.17) is 0 Å². The van der Waals surface area contributed by atoms with Crippen LogP contribution in [0.5, 0.6) is 0 Å². The van der Waals surface area contributed by atoms with E-state index in [0.717, 1.165) is 19.6 Å². The summed E-state index contributed by atoms with van der Waals surface area (Å²) in [6, 6.07) is 8.50. The fourth-order valence-electron chi connectivity index (χ4n) is 1.65. The van der Waals surface area contributed by atoms with Crippen molar-refractivity contribution in [2.45, 2.75) is 26.8 Å². The second-order valence-corrected chi connectivity index (χ2v) is 4.18. The summed E-state index contributed by atoms with van der Waals surface area (Å²) in [5.41, 5.74) is 2.55. The molecule has 0 heterocycles. The maximum atomic E-state index is 11.1. The molecule has 0 aliphatic heterocycles. The van der Waals surface area contributed by atoms with Crippen molar-refractivity contribution in [2.24, 2.45) is 0 Å². The lowest BCUT2D eigenvalue weighted by Crippen LogP contribution is -2.26. The number of esters is 1. The molecule has 94 valence electrons. The normalized spacial score (nSPS) is 10.6. The second-order valence-electron chi connectivity index (χ2n) is 4.18. The van der Waals surface area contributed by atoms with E-state index in [1.54, 1.807) is 0 Å². The predicted molar refractivity (Wildman–Crippen MR) is 68.8 cm³/mol. The average Bonchev–Trinajstić information content (AvgIpc) is 2.36.